The molecule has 1 aromatic rings. The van der Waals surface area contributed by atoms with E-state index in [-0.39, 0.29) is 5.91 Å². The van der Waals surface area contributed by atoms with Crippen LogP contribution >= 0.6 is 11.3 Å². The zero-order chi connectivity index (χ0) is 13.8. The minimum absolute atomic E-state index is 0.0437. The van der Waals surface area contributed by atoms with Crippen molar-refractivity contribution < 1.29 is 4.79 Å². The van der Waals surface area contributed by atoms with Crippen LogP contribution in [0, 0.1) is 19.3 Å². The Balaban J connectivity index is 2.99. The molecule has 0 radical (unpaired) electrons. The lowest BCUT2D eigenvalue weighted by Gasteiger charge is -2.27. The molecule has 0 saturated heterocycles. The van der Waals surface area contributed by atoms with E-state index in [0.29, 0.717) is 0 Å². The van der Waals surface area contributed by atoms with E-state index in [9.17, 15) is 4.79 Å². The van der Waals surface area contributed by atoms with E-state index >= 15 is 0 Å². The lowest BCUT2D eigenvalue weighted by atomic mass is 9.93. The van der Waals surface area contributed by atoms with E-state index in [1.165, 1.54) is 4.88 Å². The van der Waals surface area contributed by atoms with Gasteiger partial charge in [-0.3, -0.25) is 4.79 Å². The van der Waals surface area contributed by atoms with Crippen molar-refractivity contribution in [3.63, 3.8) is 0 Å². The van der Waals surface area contributed by atoms with Crippen LogP contribution in [-0.4, -0.2) is 11.4 Å². The fourth-order valence-electron chi connectivity index (χ4n) is 2.06. The summed E-state index contributed by atoms with van der Waals surface area (Å²) in [5.74, 6) is 2.69. The molecule has 0 bridgehead atoms. The Morgan fingerprint density at radius 1 is 1.44 bits per heavy atom. The number of thiophene rings is 1. The molecule has 1 N–H and O–H groups in total. The van der Waals surface area contributed by atoms with Crippen LogP contribution in [0.4, 0.5) is 0 Å². The molecule has 98 valence electrons. The highest BCUT2D eigenvalue weighted by atomic mass is 32.1. The van der Waals surface area contributed by atoms with Crippen molar-refractivity contribution >= 4 is 17.2 Å². The van der Waals surface area contributed by atoms with E-state index in [1.807, 2.05) is 26.2 Å². The van der Waals surface area contributed by atoms with Crippen molar-refractivity contribution in [2.24, 2.45) is 0 Å². The van der Waals surface area contributed by atoms with Gasteiger partial charge in [-0.1, -0.05) is 26.7 Å². The maximum atomic E-state index is 12.3. The largest absolute Gasteiger partial charge is 0.336 e. The summed E-state index contributed by atoms with van der Waals surface area (Å²) < 4.78 is 0. The van der Waals surface area contributed by atoms with E-state index in [4.69, 9.17) is 6.42 Å². The molecule has 0 saturated carbocycles. The molecule has 18 heavy (non-hydrogen) atoms. The summed E-state index contributed by atoms with van der Waals surface area (Å²) in [5, 5.41) is 4.94. The van der Waals surface area contributed by atoms with Gasteiger partial charge in [0.05, 0.1) is 5.56 Å². The molecule has 0 spiro atoms. The van der Waals surface area contributed by atoms with Crippen molar-refractivity contribution in [3.05, 3.63) is 21.4 Å². The first-order chi connectivity index (χ1) is 8.53. The highest BCUT2D eigenvalue weighted by molar-refractivity contribution is 7.10. The Morgan fingerprint density at radius 2 is 2.06 bits per heavy atom. The fraction of sp³-hybridized carbons (Fsp3) is 0.533. The number of nitrogens with one attached hydrogen (secondary N) is 1. The van der Waals surface area contributed by atoms with Gasteiger partial charge in [-0.25, -0.2) is 0 Å². The van der Waals surface area contributed by atoms with Gasteiger partial charge >= 0.3 is 0 Å². The van der Waals surface area contributed by atoms with Gasteiger partial charge in [0.2, 0.25) is 0 Å². The molecule has 0 atom stereocenters. The Kier molecular flexibility index (Phi) is 4.98. The maximum Gasteiger partial charge on any atom is 0.253 e. The molecule has 0 fully saturated rings. The normalized spacial score (nSPS) is 11.1. The van der Waals surface area contributed by atoms with Crippen LogP contribution < -0.4 is 5.32 Å². The topological polar surface area (TPSA) is 29.1 Å². The Hall–Kier alpha value is -1.27. The van der Waals surface area contributed by atoms with Crippen molar-refractivity contribution in [1.29, 1.82) is 0 Å². The third-order valence-electron chi connectivity index (χ3n) is 3.54. The third-order valence-corrected chi connectivity index (χ3v) is 4.49. The molecule has 0 aromatic carbocycles. The van der Waals surface area contributed by atoms with Gasteiger partial charge in [0, 0.05) is 10.3 Å². The quantitative estimate of drug-likeness (QED) is 0.809. The second-order valence-corrected chi connectivity index (χ2v) is 5.51. The van der Waals surface area contributed by atoms with Crippen LogP contribution in [0.3, 0.4) is 0 Å². The van der Waals surface area contributed by atoms with Crippen LogP contribution in [0.15, 0.2) is 5.38 Å². The number of terminal acetylenes is 1. The summed E-state index contributed by atoms with van der Waals surface area (Å²) in [5.41, 5.74) is 1.40. The average molecular weight is 263 g/mol. The SMILES string of the molecule is C#CC(CC)(CC)NC(=O)c1csc(C)c1CC. The van der Waals surface area contributed by atoms with Crippen molar-refractivity contribution in [2.75, 3.05) is 0 Å². The van der Waals surface area contributed by atoms with Gasteiger partial charge < -0.3 is 5.32 Å². The number of aryl methyl sites for hydroxylation is 1. The van der Waals surface area contributed by atoms with Gasteiger partial charge in [-0.15, -0.1) is 17.8 Å². The minimum atomic E-state index is -0.516. The number of carbonyl (C=O) groups excluding carboxylic acids is 1. The highest BCUT2D eigenvalue weighted by Gasteiger charge is 2.27. The first-order valence-electron chi connectivity index (χ1n) is 6.40. The lowest BCUT2D eigenvalue weighted by Crippen LogP contribution is -2.46. The number of amides is 1. The van der Waals surface area contributed by atoms with Gasteiger partial charge in [-0.05, 0) is 31.7 Å². The van der Waals surface area contributed by atoms with E-state index in [0.717, 1.165) is 30.4 Å². The monoisotopic (exact) mass is 263 g/mol. The standard InChI is InChI=1S/C15H21NOS/c1-6-12-11(5)18-10-13(12)14(17)16-15(7-2,8-3)9-4/h2,10H,6,8-9H2,1,3-5H3,(H,16,17). The van der Waals surface area contributed by atoms with Crippen molar-refractivity contribution in [3.8, 4) is 12.3 Å². The molecular formula is C15H21NOS. The first kappa shape index (κ1) is 14.8. The Morgan fingerprint density at radius 3 is 2.50 bits per heavy atom. The highest BCUT2D eigenvalue weighted by Crippen LogP contribution is 2.23. The molecule has 1 rings (SSSR count). The third kappa shape index (κ3) is 2.76. The van der Waals surface area contributed by atoms with Gasteiger partial charge in [-0.2, -0.15) is 0 Å². The molecule has 1 amide bonds. The lowest BCUT2D eigenvalue weighted by molar-refractivity contribution is 0.0916. The van der Waals surface area contributed by atoms with Crippen LogP contribution in [0.2, 0.25) is 0 Å². The molecule has 0 unspecified atom stereocenters. The second kappa shape index (κ2) is 6.06. The zero-order valence-electron chi connectivity index (χ0n) is 11.6. The molecule has 3 heteroatoms. The summed E-state index contributed by atoms with van der Waals surface area (Å²) in [6, 6.07) is 0. The average Bonchev–Trinajstić information content (AvgIpc) is 2.77. The van der Waals surface area contributed by atoms with Gasteiger partial charge in [0.1, 0.15) is 5.54 Å². The first-order valence-corrected chi connectivity index (χ1v) is 7.28. The van der Waals surface area contributed by atoms with E-state index < -0.39 is 5.54 Å². The van der Waals surface area contributed by atoms with E-state index in [2.05, 4.69) is 18.2 Å². The molecule has 1 aromatic heterocycles. The predicted molar refractivity (Wildman–Crippen MR) is 78.0 cm³/mol. The maximum absolute atomic E-state index is 12.3. The molecule has 0 aliphatic carbocycles. The number of hydrogen-bond acceptors (Lipinski definition) is 2. The molecular weight excluding hydrogens is 242 g/mol. The fourth-order valence-corrected chi connectivity index (χ4v) is 3.00. The zero-order valence-corrected chi connectivity index (χ0v) is 12.4. The Bertz CT molecular complexity index is 463. The second-order valence-electron chi connectivity index (χ2n) is 4.43. The number of rotatable bonds is 5. The van der Waals surface area contributed by atoms with Crippen molar-refractivity contribution in [1.82, 2.24) is 5.32 Å². The summed E-state index contributed by atoms with van der Waals surface area (Å²) >= 11 is 1.62. The van der Waals surface area contributed by atoms with Crippen LogP contribution in [-0.2, 0) is 6.42 Å². The van der Waals surface area contributed by atoms with Gasteiger partial charge in [0.25, 0.3) is 5.91 Å². The van der Waals surface area contributed by atoms with Crippen LogP contribution in [0.5, 0.6) is 0 Å². The molecule has 0 aliphatic rings. The smallest absolute Gasteiger partial charge is 0.253 e. The Labute approximate surface area is 114 Å². The summed E-state index contributed by atoms with van der Waals surface area (Å²) in [7, 11) is 0. The molecule has 0 aliphatic heterocycles. The predicted octanol–water partition coefficient (Wildman–Crippen LogP) is 3.54. The van der Waals surface area contributed by atoms with Gasteiger partial charge in [0.15, 0.2) is 0 Å². The van der Waals surface area contributed by atoms with Crippen LogP contribution in [0.25, 0.3) is 0 Å². The molecule has 1 heterocycles. The van der Waals surface area contributed by atoms with Crippen molar-refractivity contribution in [2.45, 2.75) is 52.5 Å². The molecule has 2 nitrogen and oxygen atoms in total. The summed E-state index contributed by atoms with van der Waals surface area (Å²) in [6.07, 6.45) is 7.94. The van der Waals surface area contributed by atoms with E-state index in [1.54, 1.807) is 11.3 Å². The minimum Gasteiger partial charge on any atom is -0.336 e. The summed E-state index contributed by atoms with van der Waals surface area (Å²) in [6.45, 7) is 8.13. The number of hydrogen-bond donors (Lipinski definition) is 1. The number of carbonyl (C=O) groups is 1. The van der Waals surface area contributed by atoms with Crippen LogP contribution in [0.1, 0.15) is 54.4 Å². The summed E-state index contributed by atoms with van der Waals surface area (Å²) in [4.78, 5) is 13.5.